The Morgan fingerprint density at radius 3 is 2.79 bits per heavy atom. The zero-order valence-electron chi connectivity index (χ0n) is 7.00. The lowest BCUT2D eigenvalue weighted by atomic mass is 10.2. The number of nitrogens with one attached hydrogen (secondary N) is 1. The highest BCUT2D eigenvalue weighted by Gasteiger charge is 2.00. The van der Waals surface area contributed by atoms with Crippen LogP contribution in [0.4, 0.5) is 8.78 Å². The number of hydrogen-bond donors (Lipinski definition) is 2. The maximum absolute atomic E-state index is 13.0. The lowest BCUT2D eigenvalue weighted by Crippen LogP contribution is -2.24. The number of nitrogens with zero attached hydrogens (tertiary/aromatic N) is 1. The maximum atomic E-state index is 13.0. The second-order valence-electron chi connectivity index (χ2n) is 2.40. The molecule has 0 aliphatic rings. The van der Waals surface area contributed by atoms with Gasteiger partial charge in [0.25, 0.3) is 0 Å². The molecule has 0 bridgehead atoms. The molecule has 6 heteroatoms. The van der Waals surface area contributed by atoms with Gasteiger partial charge >= 0.3 is 0 Å². The molecular formula is C8H7F2N3S. The van der Waals surface area contributed by atoms with Crippen molar-refractivity contribution < 1.29 is 8.78 Å². The molecule has 1 rings (SSSR count). The number of hydrogen-bond acceptors (Lipinski definition) is 2. The fraction of sp³-hybridized carbons (Fsp3) is 0. The zero-order chi connectivity index (χ0) is 10.6. The van der Waals surface area contributed by atoms with E-state index in [0.29, 0.717) is 0 Å². The minimum absolute atomic E-state index is 0.0243. The summed E-state index contributed by atoms with van der Waals surface area (Å²) in [7, 11) is 0. The summed E-state index contributed by atoms with van der Waals surface area (Å²) >= 11 is 4.46. The Balaban J connectivity index is 2.76. The second-order valence-corrected chi connectivity index (χ2v) is 2.84. The van der Waals surface area contributed by atoms with Crippen LogP contribution in [0.5, 0.6) is 0 Å². The molecule has 3 N–H and O–H groups in total. The van der Waals surface area contributed by atoms with Crippen LogP contribution in [0.2, 0.25) is 0 Å². The van der Waals surface area contributed by atoms with Crippen molar-refractivity contribution in [3.05, 3.63) is 35.4 Å². The number of nitrogens with two attached hydrogens (primary N) is 1. The highest BCUT2D eigenvalue weighted by molar-refractivity contribution is 7.80. The quantitative estimate of drug-likeness (QED) is 0.442. The number of thiocarbonyl (C=S) groups is 1. The minimum atomic E-state index is -0.696. The van der Waals surface area contributed by atoms with E-state index < -0.39 is 11.6 Å². The first kappa shape index (κ1) is 10.5. The fourth-order valence-corrected chi connectivity index (χ4v) is 0.824. The molecule has 0 aromatic heterocycles. The molecule has 3 nitrogen and oxygen atoms in total. The van der Waals surface area contributed by atoms with Gasteiger partial charge in [0, 0.05) is 11.6 Å². The molecule has 1 aromatic carbocycles. The van der Waals surface area contributed by atoms with Crippen molar-refractivity contribution in [3.8, 4) is 0 Å². The van der Waals surface area contributed by atoms with Crippen molar-refractivity contribution in [1.29, 1.82) is 0 Å². The van der Waals surface area contributed by atoms with E-state index in [9.17, 15) is 8.78 Å². The third-order valence-electron chi connectivity index (χ3n) is 1.34. The Bertz CT molecular complexity index is 379. The predicted molar refractivity (Wildman–Crippen MR) is 53.9 cm³/mol. The zero-order valence-corrected chi connectivity index (χ0v) is 7.81. The summed E-state index contributed by atoms with van der Waals surface area (Å²) in [5, 5.41) is 3.50. The summed E-state index contributed by atoms with van der Waals surface area (Å²) < 4.78 is 25.4. The van der Waals surface area contributed by atoms with Crippen LogP contribution < -0.4 is 11.2 Å². The van der Waals surface area contributed by atoms with E-state index >= 15 is 0 Å². The fourth-order valence-electron chi connectivity index (χ4n) is 0.772. The largest absolute Gasteiger partial charge is 0.375 e. The Hall–Kier alpha value is -1.56. The molecule has 0 unspecified atom stereocenters. The molecule has 0 atom stereocenters. The van der Waals surface area contributed by atoms with Crippen LogP contribution in [-0.2, 0) is 0 Å². The molecular weight excluding hydrogens is 208 g/mol. The van der Waals surface area contributed by atoms with E-state index in [4.69, 9.17) is 5.73 Å². The number of rotatable bonds is 2. The van der Waals surface area contributed by atoms with E-state index in [1.54, 1.807) is 0 Å². The highest BCUT2D eigenvalue weighted by Crippen LogP contribution is 2.06. The van der Waals surface area contributed by atoms with Crippen LogP contribution >= 0.6 is 12.2 Å². The molecule has 0 saturated carbocycles. The molecule has 0 radical (unpaired) electrons. The molecule has 14 heavy (non-hydrogen) atoms. The lowest BCUT2D eigenvalue weighted by molar-refractivity contribution is 0.582. The van der Waals surface area contributed by atoms with Crippen molar-refractivity contribution in [1.82, 2.24) is 5.43 Å². The van der Waals surface area contributed by atoms with E-state index in [2.05, 4.69) is 22.7 Å². The Morgan fingerprint density at radius 1 is 1.50 bits per heavy atom. The van der Waals surface area contributed by atoms with Gasteiger partial charge in [0.15, 0.2) is 5.11 Å². The molecule has 0 aliphatic carbocycles. The average Bonchev–Trinajstić information content (AvgIpc) is 2.08. The second kappa shape index (κ2) is 4.61. The van der Waals surface area contributed by atoms with E-state index in [-0.39, 0.29) is 10.7 Å². The van der Waals surface area contributed by atoms with Gasteiger partial charge in [0.2, 0.25) is 0 Å². The van der Waals surface area contributed by atoms with Crippen LogP contribution in [0.3, 0.4) is 0 Å². The van der Waals surface area contributed by atoms with Crippen LogP contribution in [0, 0.1) is 11.6 Å². The molecule has 0 aliphatic heterocycles. The van der Waals surface area contributed by atoms with Crippen LogP contribution in [0.1, 0.15) is 5.56 Å². The number of hydrazone groups is 1. The van der Waals surface area contributed by atoms with Gasteiger partial charge in [-0.1, -0.05) is 0 Å². The van der Waals surface area contributed by atoms with Gasteiger partial charge in [-0.15, -0.1) is 0 Å². The number of halogens is 2. The molecule has 74 valence electrons. The van der Waals surface area contributed by atoms with Gasteiger partial charge in [0.1, 0.15) is 11.6 Å². The van der Waals surface area contributed by atoms with Gasteiger partial charge in [-0.25, -0.2) is 8.78 Å². The summed E-state index contributed by atoms with van der Waals surface area (Å²) in [5.74, 6) is -1.33. The van der Waals surface area contributed by atoms with Crippen LogP contribution in [0.25, 0.3) is 0 Å². The molecule has 0 fully saturated rings. The highest BCUT2D eigenvalue weighted by atomic mass is 32.1. The average molecular weight is 215 g/mol. The third kappa shape index (κ3) is 3.06. The van der Waals surface area contributed by atoms with Crippen LogP contribution in [0.15, 0.2) is 23.3 Å². The number of benzene rings is 1. The van der Waals surface area contributed by atoms with Crippen molar-refractivity contribution in [2.24, 2.45) is 10.8 Å². The molecule has 0 spiro atoms. The van der Waals surface area contributed by atoms with E-state index in [1.807, 2.05) is 0 Å². The Morgan fingerprint density at radius 2 is 2.21 bits per heavy atom. The molecule has 0 amide bonds. The van der Waals surface area contributed by atoms with Gasteiger partial charge in [-0.3, -0.25) is 5.43 Å². The Kier molecular flexibility index (Phi) is 3.47. The van der Waals surface area contributed by atoms with E-state index in [0.717, 1.165) is 18.3 Å². The predicted octanol–water partition coefficient (Wildman–Crippen LogP) is 1.13. The maximum Gasteiger partial charge on any atom is 0.184 e. The first-order valence-corrected chi connectivity index (χ1v) is 4.04. The lowest BCUT2D eigenvalue weighted by Gasteiger charge is -1.96. The minimum Gasteiger partial charge on any atom is -0.375 e. The standard InChI is InChI=1S/C8H7F2N3S/c9-6-2-1-5(7(10)3-6)4-12-13-8(11)14/h1-4H,(H3,11,13,14)/b12-4-. The van der Waals surface area contributed by atoms with Crippen molar-refractivity contribution in [2.75, 3.05) is 0 Å². The van der Waals surface area contributed by atoms with Crippen LogP contribution in [-0.4, -0.2) is 11.3 Å². The van der Waals surface area contributed by atoms with Gasteiger partial charge in [-0.2, -0.15) is 5.10 Å². The molecule has 0 heterocycles. The summed E-state index contributed by atoms with van der Waals surface area (Å²) in [6, 6.07) is 3.16. The van der Waals surface area contributed by atoms with Crippen molar-refractivity contribution in [2.45, 2.75) is 0 Å². The van der Waals surface area contributed by atoms with Gasteiger partial charge in [0.05, 0.1) is 6.21 Å². The molecule has 0 saturated heterocycles. The first-order valence-electron chi connectivity index (χ1n) is 3.63. The normalized spacial score (nSPS) is 10.4. The summed E-state index contributed by atoms with van der Waals surface area (Å²) in [6.45, 7) is 0. The smallest absolute Gasteiger partial charge is 0.184 e. The monoisotopic (exact) mass is 215 g/mol. The Labute approximate surface area is 84.6 Å². The molecule has 1 aromatic rings. The summed E-state index contributed by atoms with van der Waals surface area (Å²) in [6.07, 6.45) is 1.16. The van der Waals surface area contributed by atoms with Gasteiger partial charge in [-0.05, 0) is 24.4 Å². The van der Waals surface area contributed by atoms with Crippen molar-refractivity contribution in [3.63, 3.8) is 0 Å². The topological polar surface area (TPSA) is 50.4 Å². The van der Waals surface area contributed by atoms with Gasteiger partial charge < -0.3 is 5.73 Å². The first-order chi connectivity index (χ1) is 6.59. The van der Waals surface area contributed by atoms with E-state index in [1.165, 1.54) is 6.07 Å². The van der Waals surface area contributed by atoms with Crippen molar-refractivity contribution >= 4 is 23.5 Å². The summed E-state index contributed by atoms with van der Waals surface area (Å²) in [4.78, 5) is 0. The SMILES string of the molecule is NC(=S)N/N=C\c1ccc(F)cc1F. The summed E-state index contributed by atoms with van der Waals surface area (Å²) in [5.41, 5.74) is 7.47. The third-order valence-corrected chi connectivity index (χ3v) is 1.43.